The second-order valence-corrected chi connectivity index (χ2v) is 7.75. The molecule has 168 valence electrons. The fourth-order valence-corrected chi connectivity index (χ4v) is 3.63. The van der Waals surface area contributed by atoms with Crippen LogP contribution in [0, 0.1) is 5.82 Å². The number of ether oxygens (including phenoxy) is 1. The van der Waals surface area contributed by atoms with Crippen molar-refractivity contribution in [1.29, 1.82) is 0 Å². The van der Waals surface area contributed by atoms with Gasteiger partial charge in [-0.05, 0) is 30.7 Å². The summed E-state index contributed by atoms with van der Waals surface area (Å²) in [6.07, 6.45) is -0.844. The molecule has 1 amide bonds. The Kier molecular flexibility index (Phi) is 7.84. The molecule has 2 N–H and O–H groups in total. The molecule has 2 aromatic rings. The molecular formula is C23H32FN5O2. The van der Waals surface area contributed by atoms with Crippen LogP contribution in [0.3, 0.4) is 0 Å². The van der Waals surface area contributed by atoms with Crippen molar-refractivity contribution < 1.29 is 13.9 Å². The van der Waals surface area contributed by atoms with Crippen molar-refractivity contribution >= 4 is 17.5 Å². The number of nitrogens with zero attached hydrogens (tertiary/aromatic N) is 4. The van der Waals surface area contributed by atoms with Gasteiger partial charge in [0.15, 0.2) is 0 Å². The first kappa shape index (κ1) is 23.0. The third-order valence-corrected chi connectivity index (χ3v) is 5.63. The predicted molar refractivity (Wildman–Crippen MR) is 121 cm³/mol. The van der Waals surface area contributed by atoms with Gasteiger partial charge in [-0.2, -0.15) is 0 Å². The second-order valence-electron chi connectivity index (χ2n) is 7.75. The third kappa shape index (κ3) is 5.72. The van der Waals surface area contributed by atoms with Crippen LogP contribution in [-0.2, 0) is 11.3 Å². The van der Waals surface area contributed by atoms with E-state index in [2.05, 4.69) is 22.2 Å². The Morgan fingerprint density at radius 1 is 1.13 bits per heavy atom. The summed E-state index contributed by atoms with van der Waals surface area (Å²) in [6.45, 7) is 5.49. The number of hydrogen-bond donors (Lipinski definition) is 1. The Morgan fingerprint density at radius 3 is 2.48 bits per heavy atom. The van der Waals surface area contributed by atoms with Gasteiger partial charge in [0.25, 0.3) is 0 Å². The summed E-state index contributed by atoms with van der Waals surface area (Å²) in [5.41, 5.74) is 7.82. The lowest BCUT2D eigenvalue weighted by Crippen LogP contribution is -2.41. The van der Waals surface area contributed by atoms with Crippen LogP contribution in [-0.4, -0.2) is 69.0 Å². The zero-order valence-corrected chi connectivity index (χ0v) is 18.5. The Balaban J connectivity index is 1.60. The number of hydrazine groups is 1. The molecule has 1 saturated heterocycles. The monoisotopic (exact) mass is 429 g/mol. The molecule has 3 rings (SSSR count). The minimum absolute atomic E-state index is 0.249. The lowest BCUT2D eigenvalue weighted by atomic mass is 10.2. The molecule has 0 aromatic heterocycles. The number of cyclic esters (lactones) is 1. The van der Waals surface area contributed by atoms with Gasteiger partial charge >= 0.3 is 6.09 Å². The van der Waals surface area contributed by atoms with Gasteiger partial charge in [-0.3, -0.25) is 4.90 Å². The van der Waals surface area contributed by atoms with E-state index in [0.29, 0.717) is 31.0 Å². The molecule has 0 aliphatic carbocycles. The van der Waals surface area contributed by atoms with Crippen LogP contribution in [0.15, 0.2) is 48.5 Å². The molecule has 0 unspecified atom stereocenters. The Hall–Kier alpha value is -2.68. The molecular weight excluding hydrogens is 397 g/mol. The zero-order chi connectivity index (χ0) is 22.4. The molecule has 0 bridgehead atoms. The molecule has 8 heteroatoms. The highest BCUT2D eigenvalue weighted by molar-refractivity contribution is 5.90. The summed E-state index contributed by atoms with van der Waals surface area (Å²) in [7, 11) is 4.07. The Bertz CT molecular complexity index is 866. The summed E-state index contributed by atoms with van der Waals surface area (Å²) in [5.74, 6) is -0.358. The molecule has 0 saturated carbocycles. The van der Waals surface area contributed by atoms with Crippen LogP contribution in [0.4, 0.5) is 20.6 Å². The number of rotatable bonds is 10. The minimum Gasteiger partial charge on any atom is -0.443 e. The number of hydrogen-bond acceptors (Lipinski definition) is 6. The van der Waals surface area contributed by atoms with Gasteiger partial charge in [0.05, 0.1) is 17.9 Å². The van der Waals surface area contributed by atoms with Gasteiger partial charge in [-0.15, -0.1) is 0 Å². The van der Waals surface area contributed by atoms with Crippen molar-refractivity contribution in [3.05, 3.63) is 59.9 Å². The summed E-state index contributed by atoms with van der Waals surface area (Å²) in [4.78, 5) is 15.4. The van der Waals surface area contributed by atoms with Crippen LogP contribution < -0.4 is 15.5 Å². The minimum atomic E-state index is -0.488. The molecule has 0 radical (unpaired) electrons. The van der Waals surface area contributed by atoms with Gasteiger partial charge in [0.1, 0.15) is 11.9 Å². The van der Waals surface area contributed by atoms with E-state index in [0.717, 1.165) is 13.1 Å². The van der Waals surface area contributed by atoms with Crippen molar-refractivity contribution in [3.8, 4) is 0 Å². The van der Waals surface area contributed by atoms with E-state index >= 15 is 0 Å². The highest BCUT2D eigenvalue weighted by atomic mass is 19.1. The van der Waals surface area contributed by atoms with Gasteiger partial charge in [-0.25, -0.2) is 19.2 Å². The highest BCUT2D eigenvalue weighted by Gasteiger charge is 2.31. The van der Waals surface area contributed by atoms with Crippen molar-refractivity contribution in [3.63, 3.8) is 0 Å². The maximum Gasteiger partial charge on any atom is 0.414 e. The topological polar surface area (TPSA) is 65.3 Å². The first-order valence-corrected chi connectivity index (χ1v) is 10.6. The number of carbonyl (C=O) groups is 1. The lowest BCUT2D eigenvalue weighted by molar-refractivity contribution is 0.0218. The Labute approximate surface area is 183 Å². The van der Waals surface area contributed by atoms with E-state index < -0.39 is 6.09 Å². The highest BCUT2D eigenvalue weighted by Crippen LogP contribution is 2.27. The van der Waals surface area contributed by atoms with Crippen molar-refractivity contribution in [2.45, 2.75) is 19.6 Å². The number of nitrogens with two attached hydrogens (primary N) is 1. The molecule has 0 spiro atoms. The normalized spacial score (nSPS) is 16.3. The molecule has 1 aliphatic heterocycles. The standard InChI is InChI=1S/C23H32FN5O2/c1-4-28(13-12-26(2)27(3)16-18-8-6-5-7-9-18)22-11-10-19(14-21(22)24)29-17-20(15-25)31-23(29)30/h5-11,14,20H,4,12-13,15-17,25H2,1-3H3/t20-/m0/s1. The predicted octanol–water partition coefficient (Wildman–Crippen LogP) is 2.91. The molecule has 31 heavy (non-hydrogen) atoms. The molecule has 1 aliphatic rings. The number of carbonyl (C=O) groups excluding carboxylic acids is 1. The number of benzene rings is 2. The molecule has 1 heterocycles. The third-order valence-electron chi connectivity index (χ3n) is 5.63. The smallest absolute Gasteiger partial charge is 0.414 e. The molecule has 2 aromatic carbocycles. The molecule has 7 nitrogen and oxygen atoms in total. The van der Waals surface area contributed by atoms with Gasteiger partial charge in [-0.1, -0.05) is 30.3 Å². The van der Waals surface area contributed by atoms with E-state index in [9.17, 15) is 9.18 Å². The van der Waals surface area contributed by atoms with Crippen molar-refractivity contribution in [2.75, 3.05) is 56.6 Å². The largest absolute Gasteiger partial charge is 0.443 e. The van der Waals surface area contributed by atoms with Gasteiger partial charge in [0, 0.05) is 46.8 Å². The fraction of sp³-hybridized carbons (Fsp3) is 0.435. The fourth-order valence-electron chi connectivity index (χ4n) is 3.63. The maximum absolute atomic E-state index is 14.9. The lowest BCUT2D eigenvalue weighted by Gasteiger charge is -2.32. The van der Waals surface area contributed by atoms with Crippen molar-refractivity contribution in [2.24, 2.45) is 5.73 Å². The first-order chi connectivity index (χ1) is 14.9. The molecule has 1 fully saturated rings. The number of anilines is 2. The maximum atomic E-state index is 14.9. The van der Waals surface area contributed by atoms with Crippen LogP contribution >= 0.6 is 0 Å². The van der Waals surface area contributed by atoms with Crippen LogP contribution in [0.1, 0.15) is 12.5 Å². The average Bonchev–Trinajstić information content (AvgIpc) is 3.16. The van der Waals surface area contributed by atoms with Crippen molar-refractivity contribution in [1.82, 2.24) is 10.0 Å². The summed E-state index contributed by atoms with van der Waals surface area (Å²) in [5, 5.41) is 4.28. The van der Waals surface area contributed by atoms with Gasteiger partial charge < -0.3 is 15.4 Å². The van der Waals surface area contributed by atoms with E-state index in [1.54, 1.807) is 12.1 Å². The molecule has 1 atom stereocenters. The number of likely N-dealkylation sites (N-methyl/N-ethyl adjacent to an activating group) is 2. The van der Waals surface area contributed by atoms with E-state index in [-0.39, 0.29) is 18.5 Å². The average molecular weight is 430 g/mol. The van der Waals surface area contributed by atoms with Crippen LogP contribution in [0.2, 0.25) is 0 Å². The summed E-state index contributed by atoms with van der Waals surface area (Å²) >= 11 is 0. The SMILES string of the molecule is CCN(CCN(C)N(C)Cc1ccccc1)c1ccc(N2C[C@H](CN)OC2=O)cc1F. The first-order valence-electron chi connectivity index (χ1n) is 10.6. The number of halogens is 1. The second kappa shape index (κ2) is 10.6. The van der Waals surface area contributed by atoms with Crippen LogP contribution in [0.5, 0.6) is 0 Å². The van der Waals surface area contributed by atoms with E-state index in [1.807, 2.05) is 44.1 Å². The van der Waals surface area contributed by atoms with E-state index in [4.69, 9.17) is 10.5 Å². The summed E-state index contributed by atoms with van der Waals surface area (Å²) in [6, 6.07) is 15.2. The summed E-state index contributed by atoms with van der Waals surface area (Å²) < 4.78 is 20.1. The Morgan fingerprint density at radius 2 is 1.87 bits per heavy atom. The number of amides is 1. The van der Waals surface area contributed by atoms with Crippen LogP contribution in [0.25, 0.3) is 0 Å². The van der Waals surface area contributed by atoms with Gasteiger partial charge in [0.2, 0.25) is 0 Å². The zero-order valence-electron chi connectivity index (χ0n) is 18.5. The van der Waals surface area contributed by atoms with E-state index in [1.165, 1.54) is 16.5 Å². The quantitative estimate of drug-likeness (QED) is 0.586.